The summed E-state index contributed by atoms with van der Waals surface area (Å²) in [6.45, 7) is 9.94. The second kappa shape index (κ2) is 14.1. The van der Waals surface area contributed by atoms with E-state index in [0.717, 1.165) is 28.2 Å². The molecule has 39 heavy (non-hydrogen) atoms. The smallest absolute Gasteiger partial charge is 0.341 e. The van der Waals surface area contributed by atoms with Crippen molar-refractivity contribution >= 4 is 40.3 Å². The van der Waals surface area contributed by atoms with Gasteiger partial charge in [0.05, 0.1) is 25.0 Å². The highest BCUT2D eigenvalue weighted by atomic mass is 32.1. The van der Waals surface area contributed by atoms with Crippen LogP contribution in [0.15, 0.2) is 53.6 Å². The number of ether oxygens (including phenoxy) is 3. The lowest BCUT2D eigenvalue weighted by molar-refractivity contribution is -0.127. The van der Waals surface area contributed by atoms with E-state index in [1.165, 1.54) is 17.6 Å². The first-order valence-corrected chi connectivity index (χ1v) is 13.5. The summed E-state index contributed by atoms with van der Waals surface area (Å²) in [4.78, 5) is 38.5. The van der Waals surface area contributed by atoms with E-state index < -0.39 is 18.0 Å². The quantitative estimate of drug-likeness (QED) is 0.174. The number of carbonyl (C=O) groups excluding carboxylic acids is 3. The maximum atomic E-state index is 12.8. The van der Waals surface area contributed by atoms with Gasteiger partial charge in [-0.3, -0.25) is 9.59 Å². The normalized spacial score (nSPS) is 11.6. The van der Waals surface area contributed by atoms with E-state index in [1.807, 2.05) is 45.0 Å². The van der Waals surface area contributed by atoms with Crippen molar-refractivity contribution in [1.29, 1.82) is 0 Å². The maximum Gasteiger partial charge on any atom is 0.341 e. The summed E-state index contributed by atoms with van der Waals surface area (Å²) in [6, 6.07) is 13.8. The van der Waals surface area contributed by atoms with Crippen LogP contribution in [-0.2, 0) is 9.53 Å². The van der Waals surface area contributed by atoms with E-state index >= 15 is 0 Å². The van der Waals surface area contributed by atoms with E-state index in [0.29, 0.717) is 28.5 Å². The molecule has 3 aromatic rings. The molecule has 0 aliphatic rings. The molecule has 1 aromatic heterocycles. The number of anilines is 1. The van der Waals surface area contributed by atoms with Crippen LogP contribution >= 0.6 is 11.3 Å². The molecule has 9 nitrogen and oxygen atoms in total. The third-order valence-electron chi connectivity index (χ3n) is 5.61. The van der Waals surface area contributed by atoms with Crippen molar-refractivity contribution in [1.82, 2.24) is 5.43 Å². The summed E-state index contributed by atoms with van der Waals surface area (Å²) in [6.07, 6.45) is 1.61. The molecule has 1 atom stereocenters. The molecule has 3 rings (SSSR count). The van der Waals surface area contributed by atoms with E-state index in [9.17, 15) is 14.4 Å². The van der Waals surface area contributed by atoms with Crippen LogP contribution in [0.3, 0.4) is 0 Å². The number of esters is 1. The molecule has 1 heterocycles. The number of aryl methyl sites for hydroxylation is 1. The largest absolute Gasteiger partial charge is 0.494 e. The number of nitrogens with one attached hydrogen (secondary N) is 2. The van der Waals surface area contributed by atoms with Gasteiger partial charge in [-0.1, -0.05) is 19.1 Å². The fourth-order valence-electron chi connectivity index (χ4n) is 3.45. The molecule has 206 valence electrons. The van der Waals surface area contributed by atoms with Crippen LogP contribution in [0, 0.1) is 13.8 Å². The van der Waals surface area contributed by atoms with Crippen LogP contribution in [0.5, 0.6) is 11.5 Å². The molecule has 0 fully saturated rings. The molecule has 0 spiro atoms. The lowest BCUT2D eigenvalue weighted by atomic mass is 10.1. The first-order chi connectivity index (χ1) is 18.7. The zero-order valence-corrected chi connectivity index (χ0v) is 23.5. The van der Waals surface area contributed by atoms with Gasteiger partial charge < -0.3 is 19.5 Å². The number of rotatable bonds is 12. The summed E-state index contributed by atoms with van der Waals surface area (Å²) in [5, 5.41) is 7.25. The lowest BCUT2D eigenvalue weighted by Gasteiger charge is -2.13. The molecule has 0 bridgehead atoms. The lowest BCUT2D eigenvalue weighted by Crippen LogP contribution is -2.33. The van der Waals surface area contributed by atoms with Crippen molar-refractivity contribution in [3.63, 3.8) is 0 Å². The minimum Gasteiger partial charge on any atom is -0.494 e. The summed E-state index contributed by atoms with van der Waals surface area (Å²) < 4.78 is 16.4. The van der Waals surface area contributed by atoms with Crippen LogP contribution < -0.4 is 20.2 Å². The van der Waals surface area contributed by atoms with Gasteiger partial charge in [0.15, 0.2) is 6.10 Å². The Hall–Kier alpha value is -4.18. The van der Waals surface area contributed by atoms with Gasteiger partial charge in [-0.05, 0) is 81.6 Å². The van der Waals surface area contributed by atoms with Crippen LogP contribution in [-0.4, -0.2) is 43.3 Å². The Balaban J connectivity index is 1.56. The minimum atomic E-state index is -0.828. The fourth-order valence-corrected chi connectivity index (χ4v) is 4.49. The molecule has 0 aliphatic carbocycles. The van der Waals surface area contributed by atoms with E-state index in [4.69, 9.17) is 14.2 Å². The average Bonchev–Trinajstić information content (AvgIpc) is 3.20. The SMILES string of the molecule is CCCOc1cccc(/C=N\NC(=O)[C@@H](C)Oc2ccc(C(=O)Nc3sc(C)c(C)c3C(=O)OCC)cc2)c1. The van der Waals surface area contributed by atoms with Gasteiger partial charge in [0, 0.05) is 10.4 Å². The number of carbonyl (C=O) groups is 3. The molecular weight excluding hydrogens is 518 g/mol. The van der Waals surface area contributed by atoms with Crippen molar-refractivity contribution in [2.24, 2.45) is 5.10 Å². The summed E-state index contributed by atoms with van der Waals surface area (Å²) in [5.74, 6) is -0.126. The summed E-state index contributed by atoms with van der Waals surface area (Å²) in [7, 11) is 0. The second-order valence-corrected chi connectivity index (χ2v) is 9.83. The summed E-state index contributed by atoms with van der Waals surface area (Å²) in [5.41, 5.74) is 4.77. The van der Waals surface area contributed by atoms with Crippen LogP contribution in [0.1, 0.15) is 63.9 Å². The highest BCUT2D eigenvalue weighted by Crippen LogP contribution is 2.33. The summed E-state index contributed by atoms with van der Waals surface area (Å²) >= 11 is 1.32. The zero-order valence-electron chi connectivity index (χ0n) is 22.7. The molecule has 0 radical (unpaired) electrons. The molecule has 0 saturated carbocycles. The molecule has 2 aromatic carbocycles. The first-order valence-electron chi connectivity index (χ1n) is 12.6. The Kier molecular flexibility index (Phi) is 10.6. The Morgan fingerprint density at radius 2 is 1.79 bits per heavy atom. The van der Waals surface area contributed by atoms with E-state index in [-0.39, 0.29) is 12.5 Å². The number of thiophene rings is 1. The van der Waals surface area contributed by atoms with Crippen molar-refractivity contribution in [3.8, 4) is 11.5 Å². The van der Waals surface area contributed by atoms with Crippen molar-refractivity contribution in [3.05, 3.63) is 75.7 Å². The molecule has 10 heteroatoms. The number of benzene rings is 2. The maximum absolute atomic E-state index is 12.8. The average molecular weight is 552 g/mol. The Bertz CT molecular complexity index is 1330. The van der Waals surface area contributed by atoms with Gasteiger partial charge in [-0.2, -0.15) is 5.10 Å². The van der Waals surface area contributed by atoms with Crippen LogP contribution in [0.2, 0.25) is 0 Å². The third-order valence-corrected chi connectivity index (χ3v) is 6.73. The first kappa shape index (κ1) is 29.4. The van der Waals surface area contributed by atoms with Crippen molar-refractivity contribution < 1.29 is 28.6 Å². The molecule has 2 amide bonds. The highest BCUT2D eigenvalue weighted by Gasteiger charge is 2.22. The number of nitrogens with zero attached hydrogens (tertiary/aromatic N) is 1. The topological polar surface area (TPSA) is 115 Å². The van der Waals surface area contributed by atoms with Gasteiger partial charge in [0.1, 0.15) is 16.5 Å². The van der Waals surface area contributed by atoms with Crippen molar-refractivity contribution in [2.45, 2.75) is 47.1 Å². The Labute approximate surface area is 232 Å². The second-order valence-electron chi connectivity index (χ2n) is 8.60. The molecule has 0 unspecified atom stereocenters. The molecule has 2 N–H and O–H groups in total. The number of amides is 2. The number of hydrogen-bond acceptors (Lipinski definition) is 8. The third kappa shape index (κ3) is 8.15. The van der Waals surface area contributed by atoms with Gasteiger partial charge >= 0.3 is 5.97 Å². The van der Waals surface area contributed by atoms with Crippen LogP contribution in [0.4, 0.5) is 5.00 Å². The molecule has 0 aliphatic heterocycles. The van der Waals surface area contributed by atoms with Gasteiger partial charge in [-0.25, -0.2) is 10.2 Å². The van der Waals surface area contributed by atoms with Crippen molar-refractivity contribution in [2.75, 3.05) is 18.5 Å². The highest BCUT2D eigenvalue weighted by molar-refractivity contribution is 7.16. The van der Waals surface area contributed by atoms with E-state index in [1.54, 1.807) is 38.1 Å². The van der Waals surface area contributed by atoms with E-state index in [2.05, 4.69) is 15.8 Å². The predicted molar refractivity (Wildman–Crippen MR) is 152 cm³/mol. The molecular formula is C29H33N3O6S. The number of hydrazone groups is 1. The van der Waals surface area contributed by atoms with Gasteiger partial charge in [-0.15, -0.1) is 11.3 Å². The molecule has 0 saturated heterocycles. The van der Waals surface area contributed by atoms with Gasteiger partial charge in [0.2, 0.25) is 0 Å². The monoisotopic (exact) mass is 551 g/mol. The minimum absolute atomic E-state index is 0.243. The standard InChI is InChI=1S/C29H33N3O6S/c1-6-15-37-24-10-8-9-21(16-24)17-30-32-26(33)19(4)38-23-13-11-22(12-14-23)27(34)31-28-25(29(35)36-7-2)18(3)20(5)39-28/h8-14,16-17,19H,6-7,15H2,1-5H3,(H,31,34)(H,32,33)/b30-17-/t19-/m1/s1. The van der Waals surface area contributed by atoms with Crippen LogP contribution in [0.25, 0.3) is 0 Å². The predicted octanol–water partition coefficient (Wildman–Crippen LogP) is 5.50. The Morgan fingerprint density at radius 1 is 1.05 bits per heavy atom. The fraction of sp³-hybridized carbons (Fsp3) is 0.310. The Morgan fingerprint density at radius 3 is 2.49 bits per heavy atom. The number of hydrogen-bond donors (Lipinski definition) is 2. The zero-order chi connectivity index (χ0) is 28.4. The van der Waals surface area contributed by atoms with Gasteiger partial charge in [0.25, 0.3) is 11.8 Å².